The molecule has 104 valence electrons. The van der Waals surface area contributed by atoms with Gasteiger partial charge in [-0.3, -0.25) is 4.98 Å². The molecule has 1 aromatic carbocycles. The standard InChI is InChI=1S/C7H5NS2.C6H15P.Au/c9-7-8-5-3-1-2-4-6(5)10-7;1-4-7(5-2)6-3;/h1-4H,(H,8,9);4-6H2,1-3H3;/q;;+1. The molecule has 0 amide bonds. The van der Waals surface area contributed by atoms with Crippen molar-refractivity contribution in [3.63, 3.8) is 0 Å². The molecule has 0 radical (unpaired) electrons. The largest absolute Gasteiger partial charge is 1.00 e. The Balaban J connectivity index is 0.000000326. The molecule has 0 fully saturated rings. The summed E-state index contributed by atoms with van der Waals surface area (Å²) in [5.74, 6) is 0. The number of nitrogens with zero attached hydrogens (tertiary/aromatic N) is 1. The van der Waals surface area contributed by atoms with Gasteiger partial charge in [-0.15, -0.1) is 0 Å². The van der Waals surface area contributed by atoms with E-state index in [9.17, 15) is 0 Å². The van der Waals surface area contributed by atoms with E-state index in [0.717, 1.165) is 9.86 Å². The minimum atomic E-state index is 0. The van der Waals surface area contributed by atoms with E-state index in [0.29, 0.717) is 0 Å². The molecular weight excluding hydrogens is 462 g/mol. The van der Waals surface area contributed by atoms with Crippen molar-refractivity contribution in [3.05, 3.63) is 24.3 Å². The number of rotatable bonds is 3. The zero-order valence-electron chi connectivity index (χ0n) is 11.0. The molecule has 5 heteroatoms. The molecule has 0 aliphatic carbocycles. The molecule has 0 bridgehead atoms. The molecule has 18 heavy (non-hydrogen) atoms. The molecule has 0 saturated heterocycles. The summed E-state index contributed by atoms with van der Waals surface area (Å²) in [6.45, 7) is 6.92. The van der Waals surface area contributed by atoms with Crippen LogP contribution in [0.2, 0.25) is 0 Å². The van der Waals surface area contributed by atoms with Gasteiger partial charge in [0.25, 0.3) is 0 Å². The van der Waals surface area contributed by atoms with Crippen LogP contribution in [0.4, 0.5) is 0 Å². The number of para-hydroxylation sites is 1. The van der Waals surface area contributed by atoms with Crippen LogP contribution in [0.1, 0.15) is 20.8 Å². The van der Waals surface area contributed by atoms with Gasteiger partial charge >= 0.3 is 22.4 Å². The first-order valence-corrected chi connectivity index (χ1v) is 9.41. The predicted molar refractivity (Wildman–Crippen MR) is 85.2 cm³/mol. The fraction of sp³-hybridized carbons (Fsp3) is 0.462. The van der Waals surface area contributed by atoms with Gasteiger partial charge < -0.3 is 24.0 Å². The maximum Gasteiger partial charge on any atom is 1.00 e. The molecule has 0 saturated carbocycles. The molecule has 2 aromatic rings. The molecular formula is C13H20AuNPS2+. The Morgan fingerprint density at radius 1 is 1.11 bits per heavy atom. The number of hydrogen-bond acceptors (Lipinski definition) is 3. The van der Waals surface area contributed by atoms with E-state index in [1.165, 1.54) is 23.2 Å². The Kier molecular flexibility index (Phi) is 10.6. The molecule has 1 nitrogen and oxygen atoms in total. The number of hydrogen-bond donors (Lipinski definition) is 0. The average Bonchev–Trinajstić information content (AvgIpc) is 2.72. The van der Waals surface area contributed by atoms with Crippen LogP contribution in [0.15, 0.2) is 28.6 Å². The summed E-state index contributed by atoms with van der Waals surface area (Å²) < 4.78 is 1.90. The Labute approximate surface area is 136 Å². The second-order valence-corrected chi connectivity index (χ2v) is 9.06. The van der Waals surface area contributed by atoms with Gasteiger partial charge in [-0.2, -0.15) is 0 Å². The summed E-state index contributed by atoms with van der Waals surface area (Å²) in [6.07, 6.45) is 4.37. The summed E-state index contributed by atoms with van der Waals surface area (Å²) >= 11 is 6.48. The Morgan fingerprint density at radius 2 is 1.67 bits per heavy atom. The monoisotopic (exact) mass is 482 g/mol. The van der Waals surface area contributed by atoms with Crippen LogP contribution in [-0.4, -0.2) is 23.5 Å². The normalized spacial score (nSPS) is 9.78. The molecule has 0 aliphatic heterocycles. The van der Waals surface area contributed by atoms with Crippen molar-refractivity contribution in [2.75, 3.05) is 18.5 Å². The van der Waals surface area contributed by atoms with Crippen molar-refractivity contribution in [1.29, 1.82) is 0 Å². The van der Waals surface area contributed by atoms with Gasteiger partial charge in [-0.05, 0) is 43.8 Å². The van der Waals surface area contributed by atoms with Gasteiger partial charge in [0.05, 0.1) is 24.0 Å². The Morgan fingerprint density at radius 3 is 2.11 bits per heavy atom. The predicted octanol–water partition coefficient (Wildman–Crippen LogP) is 4.46. The van der Waals surface area contributed by atoms with Crippen LogP contribution in [0, 0.1) is 0 Å². The third kappa shape index (κ3) is 6.10. The van der Waals surface area contributed by atoms with Gasteiger partial charge in [-0.25, -0.2) is 0 Å². The fourth-order valence-corrected chi connectivity index (χ4v) is 4.17. The molecule has 0 atom stereocenters. The second-order valence-electron chi connectivity index (χ2n) is 3.76. The van der Waals surface area contributed by atoms with Crippen molar-refractivity contribution >= 4 is 42.1 Å². The molecule has 1 heterocycles. The van der Waals surface area contributed by atoms with Crippen molar-refractivity contribution in [1.82, 2.24) is 4.98 Å². The molecule has 2 rings (SSSR count). The summed E-state index contributed by atoms with van der Waals surface area (Å²) in [5, 5.41) is 0. The smallest absolute Gasteiger partial charge is 0.408 e. The molecule has 0 spiro atoms. The van der Waals surface area contributed by atoms with E-state index in [2.05, 4.69) is 25.8 Å². The Hall–Kier alpha value is 0.500. The first kappa shape index (κ1) is 18.5. The SMILES string of the molecule is CC[PH+](CC)CC.[Au+].[S-]c1nc2ccccc2s1. The van der Waals surface area contributed by atoms with E-state index >= 15 is 0 Å². The molecule has 1 aromatic heterocycles. The molecule has 0 aliphatic rings. The number of aromatic nitrogens is 1. The van der Waals surface area contributed by atoms with Crippen LogP contribution in [-0.2, 0) is 35.0 Å². The summed E-state index contributed by atoms with van der Waals surface area (Å²) in [6, 6.07) is 7.97. The summed E-state index contributed by atoms with van der Waals surface area (Å²) in [4.78, 5) is 4.15. The van der Waals surface area contributed by atoms with E-state index in [4.69, 9.17) is 12.6 Å². The Bertz CT molecular complexity index is 405. The fourth-order valence-electron chi connectivity index (χ4n) is 1.60. The van der Waals surface area contributed by atoms with Gasteiger partial charge in [0.1, 0.15) is 0 Å². The van der Waals surface area contributed by atoms with Gasteiger partial charge in [0.15, 0.2) is 0 Å². The molecule has 0 N–H and O–H groups in total. The number of thiazole rings is 1. The summed E-state index contributed by atoms with van der Waals surface area (Å²) in [7, 11) is 0.137. The third-order valence-corrected chi connectivity index (χ3v) is 6.95. The minimum absolute atomic E-state index is 0. The van der Waals surface area contributed by atoms with Crippen LogP contribution >= 0.6 is 19.3 Å². The van der Waals surface area contributed by atoms with Crippen LogP contribution < -0.4 is 0 Å². The zero-order valence-corrected chi connectivity index (χ0v) is 15.8. The van der Waals surface area contributed by atoms with Crippen molar-refractivity contribution < 1.29 is 22.4 Å². The minimum Gasteiger partial charge on any atom is -0.408 e. The van der Waals surface area contributed by atoms with Crippen molar-refractivity contribution in [2.24, 2.45) is 0 Å². The van der Waals surface area contributed by atoms with E-state index in [1.54, 1.807) is 11.3 Å². The van der Waals surface area contributed by atoms with E-state index in [-0.39, 0.29) is 30.3 Å². The first-order valence-electron chi connectivity index (χ1n) is 6.07. The van der Waals surface area contributed by atoms with Crippen molar-refractivity contribution in [3.8, 4) is 0 Å². The van der Waals surface area contributed by atoms with Crippen LogP contribution in [0.3, 0.4) is 0 Å². The second kappa shape index (κ2) is 10.3. The topological polar surface area (TPSA) is 12.9 Å². The summed E-state index contributed by atoms with van der Waals surface area (Å²) in [5.41, 5.74) is 1.01. The molecule has 0 unspecified atom stereocenters. The number of benzene rings is 1. The van der Waals surface area contributed by atoms with Crippen molar-refractivity contribution in [2.45, 2.75) is 25.1 Å². The quantitative estimate of drug-likeness (QED) is 0.364. The van der Waals surface area contributed by atoms with Gasteiger partial charge in [-0.1, -0.05) is 18.2 Å². The van der Waals surface area contributed by atoms with Crippen LogP contribution in [0.5, 0.6) is 0 Å². The van der Waals surface area contributed by atoms with Crippen LogP contribution in [0.25, 0.3) is 10.2 Å². The maximum atomic E-state index is 4.92. The van der Waals surface area contributed by atoms with Gasteiger partial charge in [0.2, 0.25) is 0 Å². The zero-order chi connectivity index (χ0) is 12.7. The van der Waals surface area contributed by atoms with E-state index in [1.807, 2.05) is 24.3 Å². The van der Waals surface area contributed by atoms with Gasteiger partial charge in [0, 0.05) is 0 Å². The number of fused-ring (bicyclic) bond motifs is 1. The van der Waals surface area contributed by atoms with E-state index < -0.39 is 0 Å². The first-order chi connectivity index (χ1) is 8.21. The maximum absolute atomic E-state index is 4.92. The third-order valence-electron chi connectivity index (χ3n) is 2.77. The average molecular weight is 482 g/mol.